The first-order valence-corrected chi connectivity index (χ1v) is 6.06. The van der Waals surface area contributed by atoms with Crippen LogP contribution in [-0.4, -0.2) is 26.4 Å². The third-order valence-corrected chi connectivity index (χ3v) is 3.93. The van der Waals surface area contributed by atoms with E-state index in [1.54, 1.807) is 22.2 Å². The first kappa shape index (κ1) is 9.23. The summed E-state index contributed by atoms with van der Waals surface area (Å²) in [6.07, 6.45) is 4.20. The van der Waals surface area contributed by atoms with Gasteiger partial charge in [0.25, 0.3) is 0 Å². The Morgan fingerprint density at radius 2 is 2.53 bits per heavy atom. The molecular formula is C9H13N5S. The van der Waals surface area contributed by atoms with E-state index in [1.807, 2.05) is 0 Å². The van der Waals surface area contributed by atoms with Crippen LogP contribution in [0.25, 0.3) is 4.96 Å². The lowest BCUT2D eigenvalue weighted by Gasteiger charge is -2.27. The van der Waals surface area contributed by atoms with E-state index in [0.29, 0.717) is 12.0 Å². The molecule has 0 bridgehead atoms. The van der Waals surface area contributed by atoms with Crippen LogP contribution in [-0.2, 0) is 0 Å². The van der Waals surface area contributed by atoms with Crippen molar-refractivity contribution in [1.82, 2.24) is 25.1 Å². The zero-order chi connectivity index (χ0) is 10.3. The fourth-order valence-electron chi connectivity index (χ4n) is 2.08. The molecule has 5 nitrogen and oxygen atoms in total. The van der Waals surface area contributed by atoms with E-state index < -0.39 is 0 Å². The van der Waals surface area contributed by atoms with Crippen LogP contribution in [0.2, 0.25) is 0 Å². The average Bonchev–Trinajstić information content (AvgIpc) is 2.77. The van der Waals surface area contributed by atoms with Gasteiger partial charge in [-0.05, 0) is 25.3 Å². The number of fused-ring (bicyclic) bond motifs is 1. The Bertz CT molecular complexity index is 433. The molecule has 0 aromatic carbocycles. The predicted octanol–water partition coefficient (Wildman–Crippen LogP) is 1.25. The molecule has 3 heterocycles. The molecule has 0 aliphatic carbocycles. The van der Waals surface area contributed by atoms with E-state index in [2.05, 4.69) is 27.5 Å². The standard InChI is InChI=1S/C9H13N5S/c1-6-3-2-4-10-7(6)8-13-14-5-11-12-9(14)15-8/h5-7,10H,2-4H2,1H3. The van der Waals surface area contributed by atoms with Gasteiger partial charge in [0.05, 0.1) is 6.04 Å². The molecule has 6 heteroatoms. The second kappa shape index (κ2) is 3.53. The van der Waals surface area contributed by atoms with Crippen LogP contribution in [0.5, 0.6) is 0 Å². The van der Waals surface area contributed by atoms with Crippen molar-refractivity contribution in [2.45, 2.75) is 25.8 Å². The summed E-state index contributed by atoms with van der Waals surface area (Å²) in [7, 11) is 0. The highest BCUT2D eigenvalue weighted by Gasteiger charge is 2.25. The van der Waals surface area contributed by atoms with E-state index in [-0.39, 0.29) is 0 Å². The van der Waals surface area contributed by atoms with Crippen LogP contribution >= 0.6 is 11.3 Å². The summed E-state index contributed by atoms with van der Waals surface area (Å²) < 4.78 is 1.75. The molecule has 1 aliphatic rings. The molecule has 2 atom stereocenters. The molecule has 1 aliphatic heterocycles. The van der Waals surface area contributed by atoms with E-state index in [0.717, 1.165) is 16.5 Å². The third kappa shape index (κ3) is 1.53. The van der Waals surface area contributed by atoms with Crippen molar-refractivity contribution < 1.29 is 0 Å². The van der Waals surface area contributed by atoms with Crippen LogP contribution in [0.1, 0.15) is 30.8 Å². The third-order valence-electron chi connectivity index (χ3n) is 2.94. The Morgan fingerprint density at radius 3 is 3.33 bits per heavy atom. The molecule has 2 unspecified atom stereocenters. The number of nitrogens with one attached hydrogen (secondary N) is 1. The largest absolute Gasteiger partial charge is 0.308 e. The van der Waals surface area contributed by atoms with E-state index >= 15 is 0 Å². The highest BCUT2D eigenvalue weighted by Crippen LogP contribution is 2.30. The Kier molecular flexibility index (Phi) is 2.17. The maximum Gasteiger partial charge on any atom is 0.234 e. The van der Waals surface area contributed by atoms with Crippen molar-refractivity contribution in [1.29, 1.82) is 0 Å². The van der Waals surface area contributed by atoms with Crippen LogP contribution in [0.15, 0.2) is 6.33 Å². The van der Waals surface area contributed by atoms with Gasteiger partial charge in [-0.2, -0.15) is 9.61 Å². The molecule has 0 spiro atoms. The zero-order valence-corrected chi connectivity index (χ0v) is 9.37. The van der Waals surface area contributed by atoms with Crippen molar-refractivity contribution in [3.63, 3.8) is 0 Å². The van der Waals surface area contributed by atoms with Crippen LogP contribution in [0.4, 0.5) is 0 Å². The molecular weight excluding hydrogens is 210 g/mol. The Balaban J connectivity index is 1.95. The zero-order valence-electron chi connectivity index (χ0n) is 8.55. The minimum absolute atomic E-state index is 0.394. The number of aromatic nitrogens is 4. The molecule has 1 N–H and O–H groups in total. The number of hydrogen-bond acceptors (Lipinski definition) is 5. The van der Waals surface area contributed by atoms with E-state index in [1.165, 1.54) is 12.8 Å². The summed E-state index contributed by atoms with van der Waals surface area (Å²) >= 11 is 1.63. The van der Waals surface area contributed by atoms with Crippen molar-refractivity contribution in [3.8, 4) is 0 Å². The average molecular weight is 223 g/mol. The van der Waals surface area contributed by atoms with Crippen LogP contribution in [0, 0.1) is 5.92 Å². The van der Waals surface area contributed by atoms with Gasteiger partial charge < -0.3 is 5.32 Å². The molecule has 0 radical (unpaired) electrons. The van der Waals surface area contributed by atoms with Gasteiger partial charge >= 0.3 is 0 Å². The lowest BCUT2D eigenvalue weighted by Crippen LogP contribution is -2.32. The minimum atomic E-state index is 0.394. The lowest BCUT2D eigenvalue weighted by atomic mass is 9.93. The predicted molar refractivity (Wildman–Crippen MR) is 57.8 cm³/mol. The highest BCUT2D eigenvalue weighted by molar-refractivity contribution is 7.16. The lowest BCUT2D eigenvalue weighted by molar-refractivity contribution is 0.303. The van der Waals surface area contributed by atoms with Gasteiger partial charge in [-0.15, -0.1) is 10.2 Å². The fraction of sp³-hybridized carbons (Fsp3) is 0.667. The summed E-state index contributed by atoms with van der Waals surface area (Å²) in [5.74, 6) is 0.655. The topological polar surface area (TPSA) is 55.1 Å². The van der Waals surface area contributed by atoms with Gasteiger partial charge in [-0.3, -0.25) is 0 Å². The Labute approximate surface area is 91.5 Å². The summed E-state index contributed by atoms with van der Waals surface area (Å²) in [4.78, 5) is 0.879. The number of nitrogens with zero attached hydrogens (tertiary/aromatic N) is 4. The minimum Gasteiger partial charge on any atom is -0.308 e. The number of rotatable bonds is 1. The van der Waals surface area contributed by atoms with Crippen molar-refractivity contribution in [3.05, 3.63) is 11.3 Å². The van der Waals surface area contributed by atoms with Gasteiger partial charge in [0.1, 0.15) is 11.3 Å². The van der Waals surface area contributed by atoms with Gasteiger partial charge in [0.2, 0.25) is 4.96 Å². The second-order valence-corrected chi connectivity index (χ2v) is 5.04. The Hall–Kier alpha value is -1.01. The Morgan fingerprint density at radius 1 is 1.60 bits per heavy atom. The van der Waals surface area contributed by atoms with Crippen LogP contribution in [0.3, 0.4) is 0 Å². The maximum absolute atomic E-state index is 4.49. The molecule has 1 fully saturated rings. The first-order valence-electron chi connectivity index (χ1n) is 5.25. The maximum atomic E-state index is 4.49. The SMILES string of the molecule is CC1CCCNC1c1nn2cnnc2s1. The highest BCUT2D eigenvalue weighted by atomic mass is 32.1. The second-order valence-electron chi connectivity index (χ2n) is 4.05. The monoisotopic (exact) mass is 223 g/mol. The molecule has 0 amide bonds. The first-order chi connectivity index (χ1) is 7.34. The molecule has 15 heavy (non-hydrogen) atoms. The number of hydrogen-bond donors (Lipinski definition) is 1. The summed E-state index contributed by atoms with van der Waals surface area (Å²) in [5.41, 5.74) is 0. The fourth-order valence-corrected chi connectivity index (χ4v) is 3.11. The summed E-state index contributed by atoms with van der Waals surface area (Å²) in [6, 6.07) is 0.394. The molecule has 80 valence electrons. The molecule has 2 aromatic rings. The van der Waals surface area contributed by atoms with Gasteiger partial charge in [0, 0.05) is 0 Å². The summed E-state index contributed by atoms with van der Waals surface area (Å²) in [5, 5.41) is 17.0. The molecule has 3 rings (SSSR count). The van der Waals surface area contributed by atoms with Crippen molar-refractivity contribution >= 4 is 16.3 Å². The van der Waals surface area contributed by atoms with E-state index in [9.17, 15) is 0 Å². The van der Waals surface area contributed by atoms with Crippen molar-refractivity contribution in [2.24, 2.45) is 5.92 Å². The van der Waals surface area contributed by atoms with Crippen LogP contribution < -0.4 is 5.32 Å². The van der Waals surface area contributed by atoms with Crippen molar-refractivity contribution in [2.75, 3.05) is 6.54 Å². The smallest absolute Gasteiger partial charge is 0.234 e. The summed E-state index contributed by atoms with van der Waals surface area (Å²) in [6.45, 7) is 3.37. The normalized spacial score (nSPS) is 27.3. The van der Waals surface area contributed by atoms with Gasteiger partial charge in [0.15, 0.2) is 0 Å². The molecule has 1 saturated heterocycles. The van der Waals surface area contributed by atoms with E-state index in [4.69, 9.17) is 0 Å². The van der Waals surface area contributed by atoms with Gasteiger partial charge in [-0.25, -0.2) is 0 Å². The number of piperidine rings is 1. The molecule has 2 aromatic heterocycles. The quantitative estimate of drug-likeness (QED) is 0.790. The molecule has 0 saturated carbocycles. The van der Waals surface area contributed by atoms with Gasteiger partial charge in [-0.1, -0.05) is 18.3 Å².